The molecule has 0 aliphatic carbocycles. The molecular weight excluding hydrogens is 302 g/mol. The lowest BCUT2D eigenvalue weighted by Gasteiger charge is -2.07. The number of benzene rings is 2. The van der Waals surface area contributed by atoms with Crippen LogP contribution in [0.15, 0.2) is 64.0 Å². The van der Waals surface area contributed by atoms with E-state index in [1.807, 2.05) is 32.0 Å². The van der Waals surface area contributed by atoms with E-state index >= 15 is 0 Å². The maximum atomic E-state index is 12.4. The van der Waals surface area contributed by atoms with Gasteiger partial charge in [-0.2, -0.15) is 0 Å². The number of rotatable bonds is 3. The lowest BCUT2D eigenvalue weighted by Crippen LogP contribution is -2.10. The van der Waals surface area contributed by atoms with Crippen molar-refractivity contribution in [2.24, 2.45) is 0 Å². The summed E-state index contributed by atoms with van der Waals surface area (Å²) >= 11 is 0. The maximum Gasteiger partial charge on any atom is 0.248 e. The quantitative estimate of drug-likeness (QED) is 0.741. The van der Waals surface area contributed by atoms with Gasteiger partial charge in [0.05, 0.1) is 10.9 Å². The number of para-hydroxylation sites is 1. The van der Waals surface area contributed by atoms with Gasteiger partial charge in [0, 0.05) is 11.8 Å². The van der Waals surface area contributed by atoms with Crippen LogP contribution in [-0.2, 0) is 4.79 Å². The molecular formula is C20H17NO3. The summed E-state index contributed by atoms with van der Waals surface area (Å²) in [6.07, 6.45) is 4.17. The molecule has 1 amide bonds. The fourth-order valence-corrected chi connectivity index (χ4v) is 2.42. The van der Waals surface area contributed by atoms with Gasteiger partial charge in [0.2, 0.25) is 5.91 Å². The van der Waals surface area contributed by atoms with Crippen LogP contribution in [0.3, 0.4) is 0 Å². The SMILES string of the molecule is Cc1ccc(C)c(NC(=O)/C=C/c2coc3ccccc3c2=O)c1. The third-order valence-electron chi connectivity index (χ3n) is 3.77. The number of fused-ring (bicyclic) bond motifs is 1. The Labute approximate surface area is 139 Å². The van der Waals surface area contributed by atoms with Crippen LogP contribution in [0.4, 0.5) is 5.69 Å². The number of carbonyl (C=O) groups excluding carboxylic acids is 1. The van der Waals surface area contributed by atoms with Crippen molar-refractivity contribution in [1.82, 2.24) is 0 Å². The van der Waals surface area contributed by atoms with Gasteiger partial charge >= 0.3 is 0 Å². The van der Waals surface area contributed by atoms with Crippen molar-refractivity contribution in [3.63, 3.8) is 0 Å². The predicted octanol–water partition coefficient (Wildman–Crippen LogP) is 4.06. The Morgan fingerprint density at radius 3 is 2.75 bits per heavy atom. The molecule has 0 bridgehead atoms. The van der Waals surface area contributed by atoms with Gasteiger partial charge in [0.15, 0.2) is 5.43 Å². The number of amides is 1. The Bertz CT molecular complexity index is 999. The van der Waals surface area contributed by atoms with E-state index in [0.717, 1.165) is 16.8 Å². The van der Waals surface area contributed by atoms with Crippen LogP contribution in [0.2, 0.25) is 0 Å². The highest BCUT2D eigenvalue weighted by atomic mass is 16.3. The second-order valence-corrected chi connectivity index (χ2v) is 5.66. The van der Waals surface area contributed by atoms with Crippen molar-refractivity contribution in [2.45, 2.75) is 13.8 Å². The van der Waals surface area contributed by atoms with Gasteiger partial charge in [-0.05, 0) is 49.2 Å². The summed E-state index contributed by atoms with van der Waals surface area (Å²) in [6.45, 7) is 3.89. The van der Waals surface area contributed by atoms with E-state index in [1.54, 1.807) is 24.3 Å². The summed E-state index contributed by atoms with van der Waals surface area (Å²) < 4.78 is 5.43. The molecule has 24 heavy (non-hydrogen) atoms. The van der Waals surface area contributed by atoms with Crippen molar-refractivity contribution in [3.8, 4) is 0 Å². The van der Waals surface area contributed by atoms with E-state index in [4.69, 9.17) is 4.42 Å². The summed E-state index contributed by atoms with van der Waals surface area (Å²) in [4.78, 5) is 24.4. The summed E-state index contributed by atoms with van der Waals surface area (Å²) in [5, 5.41) is 3.31. The van der Waals surface area contributed by atoms with Crippen LogP contribution in [0, 0.1) is 13.8 Å². The van der Waals surface area contributed by atoms with Crippen molar-refractivity contribution >= 4 is 28.6 Å². The fourth-order valence-electron chi connectivity index (χ4n) is 2.42. The molecule has 4 heteroatoms. The number of nitrogens with one attached hydrogen (secondary N) is 1. The second kappa shape index (κ2) is 6.54. The molecule has 4 nitrogen and oxygen atoms in total. The summed E-state index contributed by atoms with van der Waals surface area (Å²) in [7, 11) is 0. The zero-order valence-corrected chi connectivity index (χ0v) is 13.5. The average Bonchev–Trinajstić information content (AvgIpc) is 2.58. The van der Waals surface area contributed by atoms with Gasteiger partial charge in [0.25, 0.3) is 0 Å². The number of anilines is 1. The smallest absolute Gasteiger partial charge is 0.248 e. The van der Waals surface area contributed by atoms with Gasteiger partial charge < -0.3 is 9.73 Å². The molecule has 1 aromatic heterocycles. The Morgan fingerprint density at radius 2 is 1.92 bits per heavy atom. The number of aryl methyl sites for hydroxylation is 2. The number of hydrogen-bond donors (Lipinski definition) is 1. The molecule has 0 spiro atoms. The molecule has 120 valence electrons. The Morgan fingerprint density at radius 1 is 1.12 bits per heavy atom. The molecule has 0 atom stereocenters. The molecule has 0 aliphatic rings. The first-order valence-electron chi connectivity index (χ1n) is 7.61. The van der Waals surface area contributed by atoms with Gasteiger partial charge in [-0.3, -0.25) is 9.59 Å². The molecule has 3 aromatic rings. The van der Waals surface area contributed by atoms with Crippen LogP contribution < -0.4 is 10.7 Å². The third-order valence-corrected chi connectivity index (χ3v) is 3.77. The first-order valence-corrected chi connectivity index (χ1v) is 7.61. The Balaban J connectivity index is 1.83. The molecule has 1 N–H and O–H groups in total. The van der Waals surface area contributed by atoms with Crippen LogP contribution in [0.1, 0.15) is 16.7 Å². The van der Waals surface area contributed by atoms with Gasteiger partial charge in [-0.15, -0.1) is 0 Å². The standard InChI is InChI=1S/C20H17NO3/c1-13-7-8-14(2)17(11-13)21-19(22)10-9-15-12-24-18-6-4-3-5-16(18)20(15)23/h3-12H,1-2H3,(H,21,22)/b10-9+. The van der Waals surface area contributed by atoms with E-state index < -0.39 is 0 Å². The highest BCUT2D eigenvalue weighted by Crippen LogP contribution is 2.16. The summed E-state index contributed by atoms with van der Waals surface area (Å²) in [5.41, 5.74) is 3.51. The number of hydrogen-bond acceptors (Lipinski definition) is 3. The van der Waals surface area contributed by atoms with Crippen molar-refractivity contribution in [1.29, 1.82) is 0 Å². The zero-order valence-electron chi connectivity index (χ0n) is 13.5. The van der Waals surface area contributed by atoms with Crippen molar-refractivity contribution < 1.29 is 9.21 Å². The highest BCUT2D eigenvalue weighted by molar-refractivity contribution is 6.02. The van der Waals surface area contributed by atoms with E-state index in [2.05, 4.69) is 5.32 Å². The zero-order chi connectivity index (χ0) is 17.1. The van der Waals surface area contributed by atoms with E-state index in [9.17, 15) is 9.59 Å². The van der Waals surface area contributed by atoms with E-state index in [1.165, 1.54) is 18.4 Å². The van der Waals surface area contributed by atoms with Crippen LogP contribution in [-0.4, -0.2) is 5.91 Å². The molecule has 2 aromatic carbocycles. The lowest BCUT2D eigenvalue weighted by molar-refractivity contribution is -0.111. The van der Waals surface area contributed by atoms with Crippen LogP contribution in [0.25, 0.3) is 17.0 Å². The minimum absolute atomic E-state index is 0.160. The minimum Gasteiger partial charge on any atom is -0.463 e. The van der Waals surface area contributed by atoms with Crippen molar-refractivity contribution in [3.05, 3.63) is 81.7 Å². The van der Waals surface area contributed by atoms with Crippen LogP contribution >= 0.6 is 0 Å². The van der Waals surface area contributed by atoms with Gasteiger partial charge in [-0.1, -0.05) is 24.3 Å². The third kappa shape index (κ3) is 3.27. The fraction of sp³-hybridized carbons (Fsp3) is 0.100. The van der Waals surface area contributed by atoms with E-state index in [0.29, 0.717) is 16.5 Å². The predicted molar refractivity (Wildman–Crippen MR) is 96.1 cm³/mol. The van der Waals surface area contributed by atoms with Crippen LogP contribution in [0.5, 0.6) is 0 Å². The summed E-state index contributed by atoms with van der Waals surface area (Å²) in [5.74, 6) is -0.295. The van der Waals surface area contributed by atoms with Gasteiger partial charge in [-0.25, -0.2) is 0 Å². The maximum absolute atomic E-state index is 12.4. The minimum atomic E-state index is -0.295. The first-order chi connectivity index (χ1) is 11.5. The molecule has 0 saturated carbocycles. The summed E-state index contributed by atoms with van der Waals surface area (Å²) in [6, 6.07) is 12.9. The Hall–Kier alpha value is -3.14. The average molecular weight is 319 g/mol. The second-order valence-electron chi connectivity index (χ2n) is 5.66. The van der Waals surface area contributed by atoms with Gasteiger partial charge in [0.1, 0.15) is 11.8 Å². The molecule has 0 fully saturated rings. The molecule has 3 rings (SSSR count). The molecule has 0 aliphatic heterocycles. The monoisotopic (exact) mass is 319 g/mol. The largest absolute Gasteiger partial charge is 0.463 e. The Kier molecular flexibility index (Phi) is 4.29. The molecule has 1 heterocycles. The highest BCUT2D eigenvalue weighted by Gasteiger charge is 2.05. The molecule has 0 radical (unpaired) electrons. The van der Waals surface area contributed by atoms with Crippen molar-refractivity contribution in [2.75, 3.05) is 5.32 Å². The number of carbonyl (C=O) groups is 1. The topological polar surface area (TPSA) is 59.3 Å². The van der Waals surface area contributed by atoms with E-state index in [-0.39, 0.29) is 11.3 Å². The molecule has 0 saturated heterocycles. The lowest BCUT2D eigenvalue weighted by atomic mass is 10.1. The first kappa shape index (κ1) is 15.7. The normalized spacial score (nSPS) is 11.1. The molecule has 0 unspecified atom stereocenters.